The van der Waals surface area contributed by atoms with Crippen LogP contribution in [0.15, 0.2) is 43.1 Å². The molecule has 5 rings (SSSR count). The van der Waals surface area contributed by atoms with Crippen molar-refractivity contribution in [1.82, 2.24) is 25.2 Å². The number of likely N-dealkylation sites (tertiary alicyclic amines) is 1. The molecule has 3 N–H and O–H groups in total. The van der Waals surface area contributed by atoms with Crippen LogP contribution in [0.5, 0.6) is 11.6 Å². The normalized spacial score (nSPS) is 23.9. The highest BCUT2D eigenvalue weighted by Crippen LogP contribution is 2.45. The number of nitrogens with one attached hydrogen (secondary N) is 3. The Labute approximate surface area is 299 Å². The number of benzene rings is 1. The summed E-state index contributed by atoms with van der Waals surface area (Å²) in [5.74, 6) is -1.62. The van der Waals surface area contributed by atoms with Crippen LogP contribution in [0.4, 0.5) is 4.79 Å². The first-order chi connectivity index (χ1) is 23.8. The molecule has 0 radical (unpaired) electrons. The Morgan fingerprint density at radius 2 is 1.82 bits per heavy atom. The quantitative estimate of drug-likeness (QED) is 0.273. The first-order valence-electron chi connectivity index (χ1n) is 17.3. The van der Waals surface area contributed by atoms with Crippen LogP contribution in [-0.2, 0) is 29.1 Å². The maximum atomic E-state index is 14.4. The second kappa shape index (κ2) is 14.0. The monoisotopic (exact) mass is 727 g/mol. The van der Waals surface area contributed by atoms with Crippen LogP contribution in [0.3, 0.4) is 0 Å². The fraction of sp³-hybridized carbons (Fsp3) is 0.583. The second-order valence-corrected chi connectivity index (χ2v) is 17.5. The maximum Gasteiger partial charge on any atom is 0.408 e. The summed E-state index contributed by atoms with van der Waals surface area (Å²) in [7, 11) is -3.90. The van der Waals surface area contributed by atoms with E-state index >= 15 is 0 Å². The lowest BCUT2D eigenvalue weighted by Gasteiger charge is -2.36. The van der Waals surface area contributed by atoms with Crippen molar-refractivity contribution in [2.75, 3.05) is 13.2 Å². The molecule has 2 aliphatic carbocycles. The zero-order chi connectivity index (χ0) is 37.5. The molecule has 278 valence electrons. The van der Waals surface area contributed by atoms with Gasteiger partial charge in [0.15, 0.2) is 0 Å². The Balaban J connectivity index is 1.44. The molecule has 0 bridgehead atoms. The van der Waals surface area contributed by atoms with Crippen LogP contribution in [-0.4, -0.2) is 89.8 Å². The minimum absolute atomic E-state index is 0.0206. The number of hydrogen-bond acceptors (Lipinski definition) is 10. The Hall–Kier alpha value is -4.40. The van der Waals surface area contributed by atoms with Crippen LogP contribution >= 0.6 is 0 Å². The standard InChI is InChI=1S/C36H49N5O9S/c1-9-22-19-36(22,32(44)40-51(46,47)25-12-13-25)39-29(42)27-18-24(49-30-26-14-11-23(48-10-2)17-21(26)15-16-37-30)20-41(27)31(43)28(34(3,4)5)38-33(45)50-35(6,7)8/h9,11,14-17,22,24-25,27-28H,1,10,12-13,18-20H2,2-8H3,(H,38,45)(H,39,42)(H,40,44)/t22-,24-,27+,28?,36-/m1/s1. The van der Waals surface area contributed by atoms with Crippen molar-refractivity contribution >= 4 is 44.6 Å². The zero-order valence-corrected chi connectivity index (χ0v) is 31.1. The topological polar surface area (TPSA) is 182 Å². The molecule has 0 spiro atoms. The van der Waals surface area contributed by atoms with Gasteiger partial charge in [-0.05, 0) is 82.0 Å². The van der Waals surface area contributed by atoms with E-state index in [2.05, 4.69) is 26.9 Å². The highest BCUT2D eigenvalue weighted by molar-refractivity contribution is 7.91. The third-order valence-electron chi connectivity index (χ3n) is 9.16. The highest BCUT2D eigenvalue weighted by Gasteiger charge is 2.62. The van der Waals surface area contributed by atoms with Gasteiger partial charge >= 0.3 is 6.09 Å². The summed E-state index contributed by atoms with van der Waals surface area (Å²) >= 11 is 0. The number of rotatable bonds is 12. The number of carbonyl (C=O) groups excluding carboxylic acids is 4. The van der Waals surface area contributed by atoms with E-state index in [1.54, 1.807) is 53.8 Å². The number of carbonyl (C=O) groups is 4. The summed E-state index contributed by atoms with van der Waals surface area (Å²) in [5, 5.41) is 6.35. The molecule has 2 aromatic rings. The Morgan fingerprint density at radius 1 is 1.12 bits per heavy atom. The van der Waals surface area contributed by atoms with Crippen LogP contribution in [0.1, 0.15) is 74.1 Å². The summed E-state index contributed by atoms with van der Waals surface area (Å²) in [6, 6.07) is 5.05. The molecule has 2 heterocycles. The largest absolute Gasteiger partial charge is 0.494 e. The van der Waals surface area contributed by atoms with Gasteiger partial charge in [-0.25, -0.2) is 18.2 Å². The van der Waals surface area contributed by atoms with E-state index in [9.17, 15) is 27.6 Å². The highest BCUT2D eigenvalue weighted by atomic mass is 32.2. The molecule has 14 nitrogen and oxygen atoms in total. The number of alkyl carbamates (subject to hydrolysis) is 1. The third kappa shape index (κ3) is 8.57. The van der Waals surface area contributed by atoms with Gasteiger partial charge in [-0.2, -0.15) is 0 Å². The molecule has 51 heavy (non-hydrogen) atoms. The van der Waals surface area contributed by atoms with Gasteiger partial charge in [-0.1, -0.05) is 26.8 Å². The van der Waals surface area contributed by atoms with E-state index in [0.29, 0.717) is 36.5 Å². The molecular weight excluding hydrogens is 678 g/mol. The van der Waals surface area contributed by atoms with Crippen molar-refractivity contribution in [2.45, 2.75) is 109 Å². The van der Waals surface area contributed by atoms with Crippen LogP contribution < -0.4 is 24.8 Å². The minimum atomic E-state index is -3.90. The average molecular weight is 728 g/mol. The number of sulfonamides is 1. The molecule has 1 aromatic heterocycles. The molecule has 4 amide bonds. The first kappa shape index (κ1) is 37.8. The smallest absolute Gasteiger partial charge is 0.408 e. The second-order valence-electron chi connectivity index (χ2n) is 15.5. The number of amides is 4. The van der Waals surface area contributed by atoms with Crippen LogP contribution in [0.2, 0.25) is 0 Å². The van der Waals surface area contributed by atoms with Crippen molar-refractivity contribution < 1.29 is 41.8 Å². The van der Waals surface area contributed by atoms with Crippen molar-refractivity contribution in [2.24, 2.45) is 11.3 Å². The van der Waals surface area contributed by atoms with Gasteiger partial charge in [-0.15, -0.1) is 6.58 Å². The van der Waals surface area contributed by atoms with Gasteiger partial charge in [-0.3, -0.25) is 19.1 Å². The molecule has 3 fully saturated rings. The van der Waals surface area contributed by atoms with E-state index in [1.165, 1.54) is 11.0 Å². The number of hydrogen-bond donors (Lipinski definition) is 3. The van der Waals surface area contributed by atoms with E-state index in [4.69, 9.17) is 14.2 Å². The maximum absolute atomic E-state index is 14.4. The van der Waals surface area contributed by atoms with Crippen molar-refractivity contribution in [3.8, 4) is 11.6 Å². The Morgan fingerprint density at radius 3 is 2.41 bits per heavy atom. The lowest BCUT2D eigenvalue weighted by Crippen LogP contribution is -2.60. The average Bonchev–Trinajstić information content (AvgIpc) is 3.95. The minimum Gasteiger partial charge on any atom is -0.494 e. The third-order valence-corrected chi connectivity index (χ3v) is 11.0. The molecule has 15 heteroatoms. The van der Waals surface area contributed by atoms with Crippen molar-refractivity contribution in [1.29, 1.82) is 0 Å². The molecule has 1 saturated heterocycles. The molecule has 1 aliphatic heterocycles. The predicted octanol–water partition coefficient (Wildman–Crippen LogP) is 3.59. The number of pyridine rings is 1. The summed E-state index contributed by atoms with van der Waals surface area (Å²) < 4.78 is 45.0. The van der Waals surface area contributed by atoms with E-state index in [-0.39, 0.29) is 19.4 Å². The summed E-state index contributed by atoms with van der Waals surface area (Å²) in [4.78, 5) is 60.8. The Bertz CT molecular complexity index is 1810. The lowest BCUT2D eigenvalue weighted by atomic mass is 9.85. The van der Waals surface area contributed by atoms with Crippen molar-refractivity contribution in [3.63, 3.8) is 0 Å². The zero-order valence-electron chi connectivity index (χ0n) is 30.3. The molecular formula is C36H49N5O9S. The Kier molecular flexibility index (Phi) is 10.4. The van der Waals surface area contributed by atoms with Gasteiger partial charge in [0.05, 0.1) is 18.4 Å². The fourth-order valence-corrected chi connectivity index (χ4v) is 7.63. The molecule has 2 saturated carbocycles. The first-order valence-corrected chi connectivity index (χ1v) is 18.8. The van der Waals surface area contributed by atoms with E-state index in [1.807, 2.05) is 25.1 Å². The molecule has 5 atom stereocenters. The van der Waals surface area contributed by atoms with Gasteiger partial charge in [0.25, 0.3) is 5.91 Å². The van der Waals surface area contributed by atoms with E-state index in [0.717, 1.165) is 5.39 Å². The molecule has 3 aliphatic rings. The van der Waals surface area contributed by atoms with Gasteiger partial charge in [0.1, 0.15) is 35.1 Å². The summed E-state index contributed by atoms with van der Waals surface area (Å²) in [6.07, 6.45) is 2.65. The van der Waals surface area contributed by atoms with E-state index < -0.39 is 79.7 Å². The fourth-order valence-electron chi connectivity index (χ4n) is 6.27. The van der Waals surface area contributed by atoms with Gasteiger partial charge in [0.2, 0.25) is 27.7 Å². The summed E-state index contributed by atoms with van der Waals surface area (Å²) in [6.45, 7) is 16.6. The number of aromatic nitrogens is 1. The number of fused-ring (bicyclic) bond motifs is 1. The molecule has 1 unspecified atom stereocenters. The lowest BCUT2D eigenvalue weighted by molar-refractivity contribution is -0.143. The van der Waals surface area contributed by atoms with Crippen LogP contribution in [0.25, 0.3) is 10.8 Å². The van der Waals surface area contributed by atoms with Gasteiger partial charge < -0.3 is 29.7 Å². The SMILES string of the molecule is C=C[C@@H]1C[C@]1(NC(=O)[C@@H]1C[C@@H](Oc2nccc3cc(OCC)ccc23)CN1C(=O)C(NC(=O)OC(C)(C)C)C(C)(C)C)C(=O)NS(=O)(=O)C1CC1. The molecule has 1 aromatic carbocycles. The number of nitrogens with zero attached hydrogens (tertiary/aromatic N) is 2. The van der Waals surface area contributed by atoms with Crippen molar-refractivity contribution in [3.05, 3.63) is 43.1 Å². The summed E-state index contributed by atoms with van der Waals surface area (Å²) in [5.41, 5.74) is -3.19. The van der Waals surface area contributed by atoms with Crippen LogP contribution in [0, 0.1) is 11.3 Å². The number of ether oxygens (including phenoxy) is 3. The van der Waals surface area contributed by atoms with Gasteiger partial charge in [0, 0.05) is 23.9 Å². The predicted molar refractivity (Wildman–Crippen MR) is 189 cm³/mol.